The summed E-state index contributed by atoms with van der Waals surface area (Å²) in [6.45, 7) is 4.59. The molecule has 4 aromatic rings. The lowest BCUT2D eigenvalue weighted by Crippen LogP contribution is -2.13. The fraction of sp³-hybridized carbons (Fsp3) is 0.278. The van der Waals surface area contributed by atoms with Gasteiger partial charge in [-0.1, -0.05) is 6.07 Å². The number of rotatable bonds is 5. The Morgan fingerprint density at radius 2 is 2.12 bits per heavy atom. The zero-order valence-electron chi connectivity index (χ0n) is 14.4. The maximum atomic E-state index is 5.21. The summed E-state index contributed by atoms with van der Waals surface area (Å²) in [5, 5.41) is 7.81. The second kappa shape index (κ2) is 6.18. The number of ether oxygens (including phenoxy) is 1. The van der Waals surface area contributed by atoms with Gasteiger partial charge < -0.3 is 15.0 Å². The number of imidazole rings is 1. The molecule has 0 unspecified atom stereocenters. The fourth-order valence-corrected chi connectivity index (χ4v) is 2.93. The zero-order chi connectivity index (χ0) is 17.4. The van der Waals surface area contributed by atoms with Gasteiger partial charge in [-0.25, -0.2) is 9.97 Å². The molecule has 25 heavy (non-hydrogen) atoms. The Kier molecular flexibility index (Phi) is 3.85. The van der Waals surface area contributed by atoms with Crippen LogP contribution in [0.15, 0.2) is 36.5 Å². The second-order valence-corrected chi connectivity index (χ2v) is 6.18. The highest BCUT2D eigenvalue weighted by Crippen LogP contribution is 2.22. The largest absolute Gasteiger partial charge is 0.378 e. The van der Waals surface area contributed by atoms with Crippen LogP contribution in [0.25, 0.3) is 16.7 Å². The summed E-state index contributed by atoms with van der Waals surface area (Å²) in [6.07, 6.45) is 1.73. The summed E-state index contributed by atoms with van der Waals surface area (Å²) in [7, 11) is 1.66. The fourth-order valence-electron chi connectivity index (χ4n) is 2.93. The molecule has 0 fully saturated rings. The second-order valence-electron chi connectivity index (χ2n) is 6.18. The summed E-state index contributed by atoms with van der Waals surface area (Å²) in [6, 6.07) is 10.0. The van der Waals surface area contributed by atoms with E-state index in [9.17, 15) is 0 Å². The number of aryl methyl sites for hydroxylation is 1. The van der Waals surface area contributed by atoms with Crippen molar-refractivity contribution in [2.75, 3.05) is 12.4 Å². The molecule has 7 nitrogen and oxygen atoms in total. The van der Waals surface area contributed by atoms with Crippen LogP contribution >= 0.6 is 0 Å². The van der Waals surface area contributed by atoms with E-state index in [1.54, 1.807) is 17.8 Å². The monoisotopic (exact) mass is 336 g/mol. The van der Waals surface area contributed by atoms with Gasteiger partial charge >= 0.3 is 0 Å². The molecule has 128 valence electrons. The first-order chi connectivity index (χ1) is 12.1. The Hall–Kier alpha value is -2.93. The number of aromatic amines is 1. The van der Waals surface area contributed by atoms with Crippen LogP contribution in [-0.4, -0.2) is 31.7 Å². The molecule has 0 radical (unpaired) electrons. The first-order valence-corrected chi connectivity index (χ1v) is 8.19. The maximum absolute atomic E-state index is 5.21. The molecule has 0 saturated carbocycles. The van der Waals surface area contributed by atoms with E-state index in [1.165, 1.54) is 5.56 Å². The van der Waals surface area contributed by atoms with Crippen molar-refractivity contribution in [3.63, 3.8) is 0 Å². The molecule has 3 aromatic heterocycles. The summed E-state index contributed by atoms with van der Waals surface area (Å²) in [5.41, 5.74) is 4.85. The third-order valence-electron chi connectivity index (χ3n) is 4.13. The number of hydrogen-bond donors (Lipinski definition) is 2. The van der Waals surface area contributed by atoms with E-state index in [2.05, 4.69) is 51.3 Å². The summed E-state index contributed by atoms with van der Waals surface area (Å²) < 4.78 is 6.99. The van der Waals surface area contributed by atoms with E-state index in [-0.39, 0.29) is 6.04 Å². The Morgan fingerprint density at radius 1 is 1.24 bits per heavy atom. The molecule has 0 aliphatic heterocycles. The molecule has 4 rings (SSSR count). The van der Waals surface area contributed by atoms with Crippen LogP contribution in [0.4, 0.5) is 5.82 Å². The minimum Gasteiger partial charge on any atom is -0.378 e. The van der Waals surface area contributed by atoms with Crippen LogP contribution < -0.4 is 5.32 Å². The van der Waals surface area contributed by atoms with E-state index in [1.807, 2.05) is 18.2 Å². The van der Waals surface area contributed by atoms with E-state index < -0.39 is 0 Å². The van der Waals surface area contributed by atoms with Crippen molar-refractivity contribution in [2.24, 2.45) is 0 Å². The molecule has 3 heterocycles. The van der Waals surface area contributed by atoms with Crippen LogP contribution in [0.1, 0.15) is 30.0 Å². The lowest BCUT2D eigenvalue weighted by molar-refractivity contribution is 0.181. The smallest absolute Gasteiger partial charge is 0.157 e. The highest BCUT2D eigenvalue weighted by molar-refractivity contribution is 5.76. The van der Waals surface area contributed by atoms with Crippen molar-refractivity contribution < 1.29 is 4.74 Å². The van der Waals surface area contributed by atoms with Gasteiger partial charge in [-0.2, -0.15) is 9.61 Å². The molecule has 0 amide bonds. The molecule has 0 aliphatic carbocycles. The topological polar surface area (TPSA) is 80.1 Å². The lowest BCUT2D eigenvalue weighted by Gasteiger charge is -2.15. The highest BCUT2D eigenvalue weighted by Gasteiger charge is 2.14. The van der Waals surface area contributed by atoms with Gasteiger partial charge in [0.2, 0.25) is 0 Å². The van der Waals surface area contributed by atoms with Crippen LogP contribution in [0.5, 0.6) is 0 Å². The van der Waals surface area contributed by atoms with Crippen LogP contribution in [0, 0.1) is 6.92 Å². The standard InChI is InChI=1S/C18H20N6O/c1-11-4-5-14-15(8-11)23-18(22-14)12(2)20-17-9-13(10-25-3)21-16-6-7-19-24(16)17/h4-9,12,20H,10H2,1-3H3,(H,22,23)/t12-/m1/s1. The molecular formula is C18H20N6O. The summed E-state index contributed by atoms with van der Waals surface area (Å²) >= 11 is 0. The predicted octanol–water partition coefficient (Wildman–Crippen LogP) is 3.23. The molecule has 0 aliphatic rings. The quantitative estimate of drug-likeness (QED) is 0.585. The van der Waals surface area contributed by atoms with Crippen LogP contribution in [-0.2, 0) is 11.3 Å². The van der Waals surface area contributed by atoms with Gasteiger partial charge in [-0.15, -0.1) is 0 Å². The van der Waals surface area contributed by atoms with E-state index in [0.29, 0.717) is 6.61 Å². The number of nitrogens with one attached hydrogen (secondary N) is 2. The predicted molar refractivity (Wildman–Crippen MR) is 96.6 cm³/mol. The lowest BCUT2D eigenvalue weighted by atomic mass is 10.2. The summed E-state index contributed by atoms with van der Waals surface area (Å²) in [5.74, 6) is 1.73. The van der Waals surface area contributed by atoms with Crippen LogP contribution in [0.2, 0.25) is 0 Å². The molecule has 0 saturated heterocycles. The number of aromatic nitrogens is 5. The van der Waals surface area contributed by atoms with Gasteiger partial charge in [-0.05, 0) is 31.5 Å². The third kappa shape index (κ3) is 2.94. The Balaban J connectivity index is 1.68. The van der Waals surface area contributed by atoms with Gasteiger partial charge in [0.1, 0.15) is 11.6 Å². The normalized spacial score (nSPS) is 12.8. The minimum atomic E-state index is -0.0158. The van der Waals surface area contributed by atoms with Crippen LogP contribution in [0.3, 0.4) is 0 Å². The van der Waals surface area contributed by atoms with Gasteiger partial charge in [-0.3, -0.25) is 0 Å². The number of benzene rings is 1. The average Bonchev–Trinajstić information content (AvgIpc) is 3.21. The Labute approximate surface area is 145 Å². The van der Waals surface area contributed by atoms with E-state index in [0.717, 1.165) is 34.0 Å². The molecule has 1 atom stereocenters. The minimum absolute atomic E-state index is 0.0158. The molecule has 2 N–H and O–H groups in total. The number of nitrogens with zero attached hydrogens (tertiary/aromatic N) is 4. The number of H-pyrrole nitrogens is 1. The number of fused-ring (bicyclic) bond motifs is 2. The molecule has 7 heteroatoms. The van der Waals surface area contributed by atoms with E-state index >= 15 is 0 Å². The van der Waals surface area contributed by atoms with Gasteiger partial charge in [0.25, 0.3) is 0 Å². The first-order valence-electron chi connectivity index (χ1n) is 8.19. The Bertz CT molecular complexity index is 1030. The SMILES string of the molecule is COCc1cc(N[C@H](C)c2nc3ccc(C)cc3[nH]2)n2nccc2n1. The summed E-state index contributed by atoms with van der Waals surface area (Å²) in [4.78, 5) is 12.6. The zero-order valence-corrected chi connectivity index (χ0v) is 14.4. The van der Waals surface area contributed by atoms with Crippen molar-refractivity contribution >= 4 is 22.5 Å². The third-order valence-corrected chi connectivity index (χ3v) is 4.13. The number of anilines is 1. The van der Waals surface area contributed by atoms with E-state index in [4.69, 9.17) is 4.74 Å². The molecule has 0 bridgehead atoms. The van der Waals surface area contributed by atoms with Gasteiger partial charge in [0.15, 0.2) is 5.65 Å². The van der Waals surface area contributed by atoms with Crippen molar-refractivity contribution in [1.82, 2.24) is 24.6 Å². The van der Waals surface area contributed by atoms with Crippen molar-refractivity contribution in [2.45, 2.75) is 26.5 Å². The first kappa shape index (κ1) is 15.6. The highest BCUT2D eigenvalue weighted by atomic mass is 16.5. The molecule has 0 spiro atoms. The number of hydrogen-bond acceptors (Lipinski definition) is 5. The molecule has 1 aromatic carbocycles. The maximum Gasteiger partial charge on any atom is 0.157 e. The number of methoxy groups -OCH3 is 1. The molecular weight excluding hydrogens is 316 g/mol. The van der Waals surface area contributed by atoms with Gasteiger partial charge in [0, 0.05) is 19.2 Å². The van der Waals surface area contributed by atoms with Crippen molar-refractivity contribution in [1.29, 1.82) is 0 Å². The van der Waals surface area contributed by atoms with Crippen molar-refractivity contribution in [3.05, 3.63) is 53.6 Å². The van der Waals surface area contributed by atoms with Gasteiger partial charge in [0.05, 0.1) is 35.6 Å². The Morgan fingerprint density at radius 3 is 2.96 bits per heavy atom. The van der Waals surface area contributed by atoms with Crippen molar-refractivity contribution in [3.8, 4) is 0 Å². The average molecular weight is 336 g/mol.